The standard InChI is InChI=1S/C14H14N2O2/c1-10(17)13-6-3-7-16(13)14(18)12-5-2-4-11(8-12)9-15/h2,4-5,8,13H,3,6-7H2,1H3. The molecule has 1 amide bonds. The minimum atomic E-state index is -0.303. The minimum Gasteiger partial charge on any atom is -0.329 e. The van der Waals surface area contributed by atoms with Gasteiger partial charge in [0.15, 0.2) is 5.78 Å². The van der Waals surface area contributed by atoms with E-state index >= 15 is 0 Å². The van der Waals surface area contributed by atoms with Gasteiger partial charge in [-0.3, -0.25) is 9.59 Å². The van der Waals surface area contributed by atoms with E-state index in [0.29, 0.717) is 17.7 Å². The average Bonchev–Trinajstić information content (AvgIpc) is 2.87. The van der Waals surface area contributed by atoms with Crippen LogP contribution in [-0.2, 0) is 4.79 Å². The van der Waals surface area contributed by atoms with Crippen LogP contribution >= 0.6 is 0 Å². The Bertz CT molecular complexity index is 531. The molecule has 0 radical (unpaired) electrons. The Hall–Kier alpha value is -2.15. The van der Waals surface area contributed by atoms with Crippen molar-refractivity contribution < 1.29 is 9.59 Å². The molecule has 2 rings (SSSR count). The second kappa shape index (κ2) is 5.01. The first-order valence-corrected chi connectivity index (χ1v) is 5.95. The van der Waals surface area contributed by atoms with E-state index in [1.807, 2.05) is 6.07 Å². The fourth-order valence-electron chi connectivity index (χ4n) is 2.32. The second-order valence-corrected chi connectivity index (χ2v) is 4.46. The first kappa shape index (κ1) is 12.3. The van der Waals surface area contributed by atoms with Crippen LogP contribution in [0.3, 0.4) is 0 Å². The van der Waals surface area contributed by atoms with Gasteiger partial charge < -0.3 is 4.90 Å². The number of hydrogen-bond donors (Lipinski definition) is 0. The van der Waals surface area contributed by atoms with Crippen molar-refractivity contribution in [2.45, 2.75) is 25.8 Å². The molecule has 1 unspecified atom stereocenters. The maximum absolute atomic E-state index is 12.3. The molecule has 0 saturated carbocycles. The molecule has 1 aromatic rings. The van der Waals surface area contributed by atoms with E-state index in [0.717, 1.165) is 12.8 Å². The van der Waals surface area contributed by atoms with E-state index in [1.165, 1.54) is 6.92 Å². The maximum Gasteiger partial charge on any atom is 0.254 e. The summed E-state index contributed by atoms with van der Waals surface area (Å²) in [6.07, 6.45) is 1.59. The fraction of sp³-hybridized carbons (Fsp3) is 0.357. The van der Waals surface area contributed by atoms with Crippen LogP contribution in [0.25, 0.3) is 0 Å². The summed E-state index contributed by atoms with van der Waals surface area (Å²) in [5, 5.41) is 8.82. The topological polar surface area (TPSA) is 61.2 Å². The average molecular weight is 242 g/mol. The summed E-state index contributed by atoms with van der Waals surface area (Å²) in [6, 6.07) is 8.29. The zero-order valence-electron chi connectivity index (χ0n) is 10.2. The Kier molecular flexibility index (Phi) is 3.42. The molecule has 0 aromatic heterocycles. The number of nitriles is 1. The number of hydrogen-bond acceptors (Lipinski definition) is 3. The molecule has 4 heteroatoms. The number of likely N-dealkylation sites (tertiary alicyclic amines) is 1. The first-order chi connectivity index (χ1) is 8.63. The van der Waals surface area contributed by atoms with E-state index in [1.54, 1.807) is 29.2 Å². The van der Waals surface area contributed by atoms with Crippen molar-refractivity contribution >= 4 is 11.7 Å². The van der Waals surface area contributed by atoms with Crippen molar-refractivity contribution in [1.29, 1.82) is 5.26 Å². The molecule has 1 atom stereocenters. The van der Waals surface area contributed by atoms with Gasteiger partial charge >= 0.3 is 0 Å². The Morgan fingerprint density at radius 1 is 1.44 bits per heavy atom. The van der Waals surface area contributed by atoms with Crippen LogP contribution in [0.5, 0.6) is 0 Å². The predicted molar refractivity (Wildman–Crippen MR) is 65.9 cm³/mol. The Morgan fingerprint density at radius 2 is 2.22 bits per heavy atom. The molecule has 1 aliphatic heterocycles. The molecule has 0 N–H and O–H groups in total. The van der Waals surface area contributed by atoms with Gasteiger partial charge in [0, 0.05) is 12.1 Å². The molecule has 0 aliphatic carbocycles. The highest BCUT2D eigenvalue weighted by atomic mass is 16.2. The lowest BCUT2D eigenvalue weighted by molar-refractivity contribution is -0.120. The van der Waals surface area contributed by atoms with Crippen molar-refractivity contribution in [3.8, 4) is 6.07 Å². The predicted octanol–water partition coefficient (Wildman–Crippen LogP) is 1.75. The number of carbonyl (C=O) groups is 2. The van der Waals surface area contributed by atoms with Crippen LogP contribution in [0.15, 0.2) is 24.3 Å². The largest absolute Gasteiger partial charge is 0.329 e. The van der Waals surface area contributed by atoms with E-state index < -0.39 is 0 Å². The zero-order valence-corrected chi connectivity index (χ0v) is 10.2. The van der Waals surface area contributed by atoms with Gasteiger partial charge in [0.05, 0.1) is 17.7 Å². The summed E-state index contributed by atoms with van der Waals surface area (Å²) < 4.78 is 0. The molecule has 92 valence electrons. The number of amides is 1. The van der Waals surface area contributed by atoms with Crippen LogP contribution in [0, 0.1) is 11.3 Å². The number of nitrogens with zero attached hydrogens (tertiary/aromatic N) is 2. The monoisotopic (exact) mass is 242 g/mol. The fourth-order valence-corrected chi connectivity index (χ4v) is 2.32. The lowest BCUT2D eigenvalue weighted by atomic mass is 10.1. The third-order valence-electron chi connectivity index (χ3n) is 3.22. The highest BCUT2D eigenvalue weighted by molar-refractivity contribution is 5.98. The van der Waals surface area contributed by atoms with Gasteiger partial charge in [0.2, 0.25) is 0 Å². The van der Waals surface area contributed by atoms with Gasteiger partial charge in [-0.2, -0.15) is 5.26 Å². The van der Waals surface area contributed by atoms with Crippen molar-refractivity contribution in [2.24, 2.45) is 0 Å². The van der Waals surface area contributed by atoms with Crippen molar-refractivity contribution in [3.05, 3.63) is 35.4 Å². The van der Waals surface area contributed by atoms with Crippen molar-refractivity contribution in [3.63, 3.8) is 0 Å². The Morgan fingerprint density at radius 3 is 2.89 bits per heavy atom. The lowest BCUT2D eigenvalue weighted by Crippen LogP contribution is -2.39. The summed E-state index contributed by atoms with van der Waals surface area (Å²) in [5.41, 5.74) is 0.932. The molecule has 1 fully saturated rings. The van der Waals surface area contributed by atoms with Gasteiger partial charge in [-0.15, -0.1) is 0 Å². The summed E-state index contributed by atoms with van der Waals surface area (Å²) in [6.45, 7) is 2.13. The molecule has 1 heterocycles. The molecular weight excluding hydrogens is 228 g/mol. The van der Waals surface area contributed by atoms with Gasteiger partial charge in [-0.25, -0.2) is 0 Å². The zero-order chi connectivity index (χ0) is 13.1. The van der Waals surface area contributed by atoms with Crippen LogP contribution in [0.4, 0.5) is 0 Å². The third-order valence-corrected chi connectivity index (χ3v) is 3.22. The second-order valence-electron chi connectivity index (χ2n) is 4.46. The summed E-state index contributed by atoms with van der Waals surface area (Å²) in [4.78, 5) is 25.4. The molecule has 4 nitrogen and oxygen atoms in total. The van der Waals surface area contributed by atoms with Gasteiger partial charge in [0.1, 0.15) is 0 Å². The number of Topliss-reactive ketones (excluding diaryl/α,β-unsaturated/α-hetero) is 1. The van der Waals surface area contributed by atoms with Crippen molar-refractivity contribution in [1.82, 2.24) is 4.90 Å². The van der Waals surface area contributed by atoms with Gasteiger partial charge in [-0.05, 0) is 38.0 Å². The molecule has 1 saturated heterocycles. The number of benzene rings is 1. The Labute approximate surface area is 106 Å². The summed E-state index contributed by atoms with van der Waals surface area (Å²) in [7, 11) is 0. The Balaban J connectivity index is 2.25. The smallest absolute Gasteiger partial charge is 0.254 e. The molecule has 0 spiro atoms. The maximum atomic E-state index is 12.3. The van der Waals surface area contributed by atoms with Crippen LogP contribution in [-0.4, -0.2) is 29.2 Å². The van der Waals surface area contributed by atoms with Crippen LogP contribution < -0.4 is 0 Å². The first-order valence-electron chi connectivity index (χ1n) is 5.95. The number of rotatable bonds is 2. The van der Waals surface area contributed by atoms with Crippen LogP contribution in [0.2, 0.25) is 0 Å². The number of ketones is 1. The summed E-state index contributed by atoms with van der Waals surface area (Å²) >= 11 is 0. The quantitative estimate of drug-likeness (QED) is 0.793. The number of carbonyl (C=O) groups excluding carboxylic acids is 2. The highest BCUT2D eigenvalue weighted by Crippen LogP contribution is 2.21. The summed E-state index contributed by atoms with van der Waals surface area (Å²) in [5.74, 6) is -0.137. The van der Waals surface area contributed by atoms with Gasteiger partial charge in [-0.1, -0.05) is 6.07 Å². The third kappa shape index (κ3) is 2.25. The van der Waals surface area contributed by atoms with E-state index in [4.69, 9.17) is 5.26 Å². The van der Waals surface area contributed by atoms with E-state index in [-0.39, 0.29) is 17.7 Å². The molecule has 1 aliphatic rings. The van der Waals surface area contributed by atoms with Gasteiger partial charge in [0.25, 0.3) is 5.91 Å². The molecule has 18 heavy (non-hydrogen) atoms. The lowest BCUT2D eigenvalue weighted by Gasteiger charge is -2.22. The molecular formula is C14H14N2O2. The van der Waals surface area contributed by atoms with E-state index in [9.17, 15) is 9.59 Å². The van der Waals surface area contributed by atoms with E-state index in [2.05, 4.69) is 0 Å². The molecule has 0 bridgehead atoms. The highest BCUT2D eigenvalue weighted by Gasteiger charge is 2.32. The van der Waals surface area contributed by atoms with Crippen LogP contribution in [0.1, 0.15) is 35.7 Å². The normalized spacial score (nSPS) is 18.4. The minimum absolute atomic E-state index is 0.0253. The molecule has 1 aromatic carbocycles. The SMILES string of the molecule is CC(=O)C1CCCN1C(=O)c1cccc(C#N)c1. The van der Waals surface area contributed by atoms with Crippen molar-refractivity contribution in [2.75, 3.05) is 6.54 Å².